The normalized spacial score (nSPS) is 11.2. The van der Waals surface area contributed by atoms with Gasteiger partial charge in [-0.1, -0.05) is 11.6 Å². The molecule has 0 spiro atoms. The van der Waals surface area contributed by atoms with Gasteiger partial charge in [0, 0.05) is 6.07 Å². The SMILES string of the molecule is Nc1nc2cc(F)c(Br)cc2n1-c1ccc(F)cc1Cl. The third-order valence-corrected chi connectivity index (χ3v) is 3.78. The monoisotopic (exact) mass is 357 g/mol. The van der Waals surface area contributed by atoms with Gasteiger partial charge in [0.25, 0.3) is 0 Å². The summed E-state index contributed by atoms with van der Waals surface area (Å²) in [6.45, 7) is 0. The number of nitrogen functional groups attached to an aromatic ring is 1. The fourth-order valence-electron chi connectivity index (χ4n) is 2.01. The van der Waals surface area contributed by atoms with E-state index in [-0.39, 0.29) is 15.4 Å². The van der Waals surface area contributed by atoms with Crippen molar-refractivity contribution in [3.05, 3.63) is 51.5 Å². The lowest BCUT2D eigenvalue weighted by molar-refractivity contribution is 0.623. The molecular weight excluding hydrogens is 352 g/mol. The van der Waals surface area contributed by atoms with Crippen LogP contribution in [0.4, 0.5) is 14.7 Å². The van der Waals surface area contributed by atoms with Crippen LogP contribution in [0.5, 0.6) is 0 Å². The molecule has 0 saturated carbocycles. The van der Waals surface area contributed by atoms with E-state index in [0.717, 1.165) is 0 Å². The van der Waals surface area contributed by atoms with Crippen LogP contribution in [-0.4, -0.2) is 9.55 Å². The van der Waals surface area contributed by atoms with Crippen molar-refractivity contribution in [2.75, 3.05) is 5.73 Å². The highest BCUT2D eigenvalue weighted by Gasteiger charge is 2.15. The van der Waals surface area contributed by atoms with E-state index in [1.807, 2.05) is 0 Å². The van der Waals surface area contributed by atoms with Crippen LogP contribution in [0.15, 0.2) is 34.8 Å². The van der Waals surface area contributed by atoms with Crippen molar-refractivity contribution in [3.63, 3.8) is 0 Å². The van der Waals surface area contributed by atoms with Crippen LogP contribution in [0, 0.1) is 11.6 Å². The van der Waals surface area contributed by atoms with Gasteiger partial charge in [-0.3, -0.25) is 4.57 Å². The van der Waals surface area contributed by atoms with Gasteiger partial charge in [-0.2, -0.15) is 0 Å². The molecule has 0 atom stereocenters. The highest BCUT2D eigenvalue weighted by Crippen LogP contribution is 2.31. The molecule has 102 valence electrons. The van der Waals surface area contributed by atoms with Gasteiger partial charge in [0.1, 0.15) is 11.6 Å². The summed E-state index contributed by atoms with van der Waals surface area (Å²) >= 11 is 9.15. The number of imidazole rings is 1. The van der Waals surface area contributed by atoms with E-state index in [0.29, 0.717) is 16.7 Å². The molecule has 0 radical (unpaired) electrons. The second kappa shape index (κ2) is 4.71. The summed E-state index contributed by atoms with van der Waals surface area (Å²) in [5.41, 5.74) is 7.30. The van der Waals surface area contributed by atoms with Gasteiger partial charge >= 0.3 is 0 Å². The Morgan fingerprint density at radius 3 is 2.65 bits per heavy atom. The fourth-order valence-corrected chi connectivity index (χ4v) is 2.59. The number of hydrogen-bond donors (Lipinski definition) is 1. The average Bonchev–Trinajstić information content (AvgIpc) is 2.66. The minimum absolute atomic E-state index is 0.144. The zero-order valence-electron chi connectivity index (χ0n) is 9.87. The van der Waals surface area contributed by atoms with Crippen LogP contribution in [-0.2, 0) is 0 Å². The van der Waals surface area contributed by atoms with E-state index >= 15 is 0 Å². The Labute approximate surface area is 126 Å². The number of nitrogens with zero attached hydrogens (tertiary/aromatic N) is 2. The molecule has 3 rings (SSSR count). The molecule has 20 heavy (non-hydrogen) atoms. The Kier molecular flexibility index (Phi) is 3.14. The molecule has 2 N–H and O–H groups in total. The predicted molar refractivity (Wildman–Crippen MR) is 78.1 cm³/mol. The molecule has 0 aliphatic heterocycles. The van der Waals surface area contributed by atoms with Crippen LogP contribution in [0.1, 0.15) is 0 Å². The summed E-state index contributed by atoms with van der Waals surface area (Å²) in [5, 5.41) is 0.191. The zero-order valence-corrected chi connectivity index (χ0v) is 12.2. The van der Waals surface area contributed by atoms with Gasteiger partial charge in [0.2, 0.25) is 5.95 Å². The van der Waals surface area contributed by atoms with Crippen molar-refractivity contribution in [1.29, 1.82) is 0 Å². The first-order chi connectivity index (χ1) is 9.47. The molecule has 3 nitrogen and oxygen atoms in total. The molecule has 0 aliphatic carbocycles. The van der Waals surface area contributed by atoms with Crippen molar-refractivity contribution in [2.24, 2.45) is 0 Å². The summed E-state index contributed by atoms with van der Waals surface area (Å²) in [4.78, 5) is 4.08. The van der Waals surface area contributed by atoms with Crippen LogP contribution in [0.3, 0.4) is 0 Å². The number of fused-ring (bicyclic) bond motifs is 1. The van der Waals surface area contributed by atoms with E-state index in [4.69, 9.17) is 17.3 Å². The van der Waals surface area contributed by atoms with Crippen LogP contribution in [0.2, 0.25) is 5.02 Å². The molecule has 0 unspecified atom stereocenters. The highest BCUT2D eigenvalue weighted by molar-refractivity contribution is 9.10. The first kappa shape index (κ1) is 13.3. The number of aromatic nitrogens is 2. The van der Waals surface area contributed by atoms with Gasteiger partial charge in [0.15, 0.2) is 0 Å². The van der Waals surface area contributed by atoms with Gasteiger partial charge in [-0.15, -0.1) is 0 Å². The molecule has 0 aliphatic rings. The lowest BCUT2D eigenvalue weighted by Crippen LogP contribution is -2.01. The summed E-state index contributed by atoms with van der Waals surface area (Å²) in [5.74, 6) is -0.743. The van der Waals surface area contributed by atoms with Crippen LogP contribution >= 0.6 is 27.5 Å². The van der Waals surface area contributed by atoms with Gasteiger partial charge < -0.3 is 5.73 Å². The smallest absolute Gasteiger partial charge is 0.205 e. The van der Waals surface area contributed by atoms with Crippen molar-refractivity contribution in [1.82, 2.24) is 9.55 Å². The van der Waals surface area contributed by atoms with Crippen molar-refractivity contribution in [3.8, 4) is 5.69 Å². The maximum absolute atomic E-state index is 13.5. The molecule has 0 fully saturated rings. The Morgan fingerprint density at radius 1 is 1.20 bits per heavy atom. The molecule has 0 bridgehead atoms. The molecule has 0 amide bonds. The third-order valence-electron chi connectivity index (χ3n) is 2.87. The second-order valence-electron chi connectivity index (χ2n) is 4.16. The lowest BCUT2D eigenvalue weighted by atomic mass is 10.2. The van der Waals surface area contributed by atoms with Gasteiger partial charge in [-0.25, -0.2) is 13.8 Å². The maximum Gasteiger partial charge on any atom is 0.205 e. The minimum Gasteiger partial charge on any atom is -0.369 e. The van der Waals surface area contributed by atoms with Gasteiger partial charge in [-0.05, 0) is 40.2 Å². The topological polar surface area (TPSA) is 43.8 Å². The number of benzene rings is 2. The Balaban J connectivity index is 2.35. The summed E-state index contributed by atoms with van der Waals surface area (Å²) in [7, 11) is 0. The highest BCUT2D eigenvalue weighted by atomic mass is 79.9. The van der Waals surface area contributed by atoms with Gasteiger partial charge in [0.05, 0.1) is 26.2 Å². The van der Waals surface area contributed by atoms with E-state index in [9.17, 15) is 8.78 Å². The van der Waals surface area contributed by atoms with Crippen molar-refractivity contribution >= 4 is 44.5 Å². The number of hydrogen-bond acceptors (Lipinski definition) is 2. The minimum atomic E-state index is -0.450. The second-order valence-corrected chi connectivity index (χ2v) is 5.42. The average molecular weight is 359 g/mol. The van der Waals surface area contributed by atoms with E-state index in [2.05, 4.69) is 20.9 Å². The number of rotatable bonds is 1. The quantitative estimate of drug-likeness (QED) is 0.705. The Bertz CT molecular complexity index is 832. The predicted octanol–water partition coefficient (Wildman–Crippen LogP) is 4.30. The standard InChI is InChI=1S/C13H7BrClF2N3/c14-7-4-12-10(5-9(7)17)19-13(18)20(12)11-2-1-6(16)3-8(11)15/h1-5H,(H2,18,19). The Morgan fingerprint density at radius 2 is 1.95 bits per heavy atom. The summed E-state index contributed by atoms with van der Waals surface area (Å²) < 4.78 is 28.5. The molecular formula is C13H7BrClF2N3. The summed E-state index contributed by atoms with van der Waals surface area (Å²) in [6, 6.07) is 6.76. The number of halogens is 4. The first-order valence-corrected chi connectivity index (χ1v) is 6.73. The molecule has 7 heteroatoms. The first-order valence-electron chi connectivity index (χ1n) is 5.56. The molecule has 3 aromatic rings. The number of nitrogens with two attached hydrogens (primary N) is 1. The maximum atomic E-state index is 13.5. The van der Waals surface area contributed by atoms with Crippen molar-refractivity contribution < 1.29 is 8.78 Å². The van der Waals surface area contributed by atoms with E-state index < -0.39 is 11.6 Å². The molecule has 1 heterocycles. The largest absolute Gasteiger partial charge is 0.369 e. The molecule has 1 aromatic heterocycles. The van der Waals surface area contributed by atoms with Crippen molar-refractivity contribution in [2.45, 2.75) is 0 Å². The Hall–Kier alpha value is -1.66. The zero-order chi connectivity index (χ0) is 14.4. The molecule has 0 saturated heterocycles. The van der Waals surface area contributed by atoms with E-state index in [1.54, 1.807) is 10.6 Å². The van der Waals surface area contributed by atoms with E-state index in [1.165, 1.54) is 24.3 Å². The third kappa shape index (κ3) is 2.05. The lowest BCUT2D eigenvalue weighted by Gasteiger charge is -2.09. The fraction of sp³-hybridized carbons (Fsp3) is 0. The van der Waals surface area contributed by atoms with Crippen LogP contribution in [0.25, 0.3) is 16.7 Å². The number of anilines is 1. The summed E-state index contributed by atoms with van der Waals surface area (Å²) in [6.07, 6.45) is 0. The molecule has 2 aromatic carbocycles. The van der Waals surface area contributed by atoms with Crippen LogP contribution < -0.4 is 5.73 Å².